The van der Waals surface area contributed by atoms with Gasteiger partial charge in [-0.05, 0) is 44.4 Å². The van der Waals surface area contributed by atoms with Crippen molar-refractivity contribution >= 4 is 5.95 Å². The zero-order chi connectivity index (χ0) is 14.6. The zero-order valence-electron chi connectivity index (χ0n) is 13.2. The Kier molecular flexibility index (Phi) is 4.84. The Bertz CT molecular complexity index is 435. The molecule has 4 nitrogen and oxygen atoms in total. The van der Waals surface area contributed by atoms with Crippen LogP contribution in [0.15, 0.2) is 6.20 Å². The smallest absolute Gasteiger partial charge is 0.225 e. The summed E-state index contributed by atoms with van der Waals surface area (Å²) in [5.41, 5.74) is 1.48. The predicted molar refractivity (Wildman–Crippen MR) is 82.2 cm³/mol. The van der Waals surface area contributed by atoms with Crippen LogP contribution < -0.4 is 10.1 Å². The summed E-state index contributed by atoms with van der Waals surface area (Å²) >= 11 is 0. The third-order valence-electron chi connectivity index (χ3n) is 4.02. The van der Waals surface area contributed by atoms with E-state index in [1.807, 2.05) is 13.1 Å². The Morgan fingerprint density at radius 3 is 2.70 bits per heavy atom. The average molecular weight is 277 g/mol. The van der Waals surface area contributed by atoms with Crippen LogP contribution in [-0.4, -0.2) is 22.6 Å². The van der Waals surface area contributed by atoms with Gasteiger partial charge in [0.25, 0.3) is 0 Å². The summed E-state index contributed by atoms with van der Waals surface area (Å²) in [6.07, 6.45) is 7.89. The molecule has 1 aliphatic carbocycles. The first-order valence-corrected chi connectivity index (χ1v) is 7.74. The second-order valence-electron chi connectivity index (χ2n) is 6.59. The van der Waals surface area contributed by atoms with Crippen LogP contribution in [-0.2, 0) is 0 Å². The maximum Gasteiger partial charge on any atom is 0.225 e. The molecular weight excluding hydrogens is 250 g/mol. The summed E-state index contributed by atoms with van der Waals surface area (Å²) in [6.45, 7) is 9.70. The van der Waals surface area contributed by atoms with Gasteiger partial charge in [0, 0.05) is 18.3 Å². The third kappa shape index (κ3) is 4.09. The zero-order valence-corrected chi connectivity index (χ0v) is 13.2. The van der Waals surface area contributed by atoms with Crippen LogP contribution in [0.2, 0.25) is 0 Å². The Hall–Kier alpha value is -1.32. The number of aromatic nitrogens is 2. The molecule has 0 unspecified atom stereocenters. The Labute approximate surface area is 122 Å². The summed E-state index contributed by atoms with van der Waals surface area (Å²) in [7, 11) is 0. The maximum absolute atomic E-state index is 6.11. The van der Waals surface area contributed by atoms with Gasteiger partial charge in [-0.3, -0.25) is 0 Å². The van der Waals surface area contributed by atoms with Crippen LogP contribution in [0.3, 0.4) is 0 Å². The summed E-state index contributed by atoms with van der Waals surface area (Å²) in [5, 5.41) is 3.21. The maximum atomic E-state index is 6.11. The molecule has 0 aromatic carbocycles. The Morgan fingerprint density at radius 1 is 1.35 bits per heavy atom. The lowest BCUT2D eigenvalue weighted by atomic mass is 9.76. The molecule has 0 bridgehead atoms. The normalized spacial score (nSPS) is 18.8. The highest BCUT2D eigenvalue weighted by Crippen LogP contribution is 2.36. The van der Waals surface area contributed by atoms with E-state index in [9.17, 15) is 0 Å². The fourth-order valence-corrected chi connectivity index (χ4v) is 2.52. The lowest BCUT2D eigenvalue weighted by Gasteiger charge is -2.34. The minimum atomic E-state index is 0.302. The van der Waals surface area contributed by atoms with Crippen molar-refractivity contribution in [1.82, 2.24) is 9.97 Å². The number of anilines is 1. The van der Waals surface area contributed by atoms with Crippen LogP contribution in [0.25, 0.3) is 0 Å². The molecule has 1 N–H and O–H groups in total. The van der Waals surface area contributed by atoms with Crippen molar-refractivity contribution in [2.75, 3.05) is 11.9 Å². The first-order valence-electron chi connectivity index (χ1n) is 7.74. The molecule has 0 amide bonds. The standard InChI is InChI=1S/C16H27N3O/c1-5-10-17-15-18-11-12(2)14(19-15)20-13-6-8-16(3,4)9-7-13/h11,13H,5-10H2,1-4H3,(H,17,18,19). The van der Waals surface area contributed by atoms with Crippen molar-refractivity contribution in [3.8, 4) is 5.88 Å². The molecule has 20 heavy (non-hydrogen) atoms. The highest BCUT2D eigenvalue weighted by Gasteiger charge is 2.28. The number of rotatable bonds is 5. The van der Waals surface area contributed by atoms with E-state index in [2.05, 4.69) is 36.1 Å². The molecule has 0 spiro atoms. The van der Waals surface area contributed by atoms with Crippen LogP contribution in [0.5, 0.6) is 5.88 Å². The first-order chi connectivity index (χ1) is 9.50. The van der Waals surface area contributed by atoms with E-state index in [0.717, 1.165) is 37.3 Å². The predicted octanol–water partition coefficient (Wildman–Crippen LogP) is 3.95. The molecule has 1 saturated carbocycles. The fourth-order valence-electron chi connectivity index (χ4n) is 2.52. The topological polar surface area (TPSA) is 47.0 Å². The number of aryl methyl sites for hydroxylation is 1. The van der Waals surface area contributed by atoms with Crippen molar-refractivity contribution in [1.29, 1.82) is 0 Å². The van der Waals surface area contributed by atoms with E-state index < -0.39 is 0 Å². The van der Waals surface area contributed by atoms with E-state index in [1.54, 1.807) is 0 Å². The third-order valence-corrected chi connectivity index (χ3v) is 4.02. The van der Waals surface area contributed by atoms with Crippen molar-refractivity contribution in [3.63, 3.8) is 0 Å². The quantitative estimate of drug-likeness (QED) is 0.885. The lowest BCUT2D eigenvalue weighted by molar-refractivity contribution is 0.0942. The number of nitrogens with one attached hydrogen (secondary N) is 1. The van der Waals surface area contributed by atoms with E-state index in [-0.39, 0.29) is 0 Å². The number of hydrogen-bond acceptors (Lipinski definition) is 4. The minimum absolute atomic E-state index is 0.302. The molecule has 0 radical (unpaired) electrons. The average Bonchev–Trinajstić information content (AvgIpc) is 2.42. The molecular formula is C16H27N3O. The summed E-state index contributed by atoms with van der Waals surface area (Å²) in [5.74, 6) is 1.41. The number of nitrogens with zero attached hydrogens (tertiary/aromatic N) is 2. The highest BCUT2D eigenvalue weighted by molar-refractivity contribution is 5.32. The molecule has 1 aromatic heterocycles. The van der Waals surface area contributed by atoms with Crippen LogP contribution in [0.4, 0.5) is 5.95 Å². The van der Waals surface area contributed by atoms with Gasteiger partial charge in [-0.15, -0.1) is 0 Å². The van der Waals surface area contributed by atoms with E-state index in [0.29, 0.717) is 17.5 Å². The van der Waals surface area contributed by atoms with E-state index in [1.165, 1.54) is 12.8 Å². The fraction of sp³-hybridized carbons (Fsp3) is 0.750. The minimum Gasteiger partial charge on any atom is -0.474 e. The Balaban J connectivity index is 1.98. The first kappa shape index (κ1) is 15.1. The van der Waals surface area contributed by atoms with Gasteiger partial charge in [0.05, 0.1) is 0 Å². The van der Waals surface area contributed by atoms with Crippen LogP contribution in [0, 0.1) is 12.3 Å². The van der Waals surface area contributed by atoms with Crippen LogP contribution in [0.1, 0.15) is 58.4 Å². The van der Waals surface area contributed by atoms with Gasteiger partial charge in [-0.25, -0.2) is 4.98 Å². The van der Waals surface area contributed by atoms with Crippen molar-refractivity contribution in [3.05, 3.63) is 11.8 Å². The second kappa shape index (κ2) is 6.42. The van der Waals surface area contributed by atoms with Gasteiger partial charge in [0.2, 0.25) is 11.8 Å². The van der Waals surface area contributed by atoms with Crippen molar-refractivity contribution in [2.45, 2.75) is 65.9 Å². The summed E-state index contributed by atoms with van der Waals surface area (Å²) in [6, 6.07) is 0. The molecule has 1 aromatic rings. The largest absolute Gasteiger partial charge is 0.474 e. The molecule has 0 saturated heterocycles. The molecule has 1 fully saturated rings. The molecule has 0 aliphatic heterocycles. The van der Waals surface area contributed by atoms with Crippen molar-refractivity contribution in [2.24, 2.45) is 5.41 Å². The Morgan fingerprint density at radius 2 is 2.05 bits per heavy atom. The number of ether oxygens (including phenoxy) is 1. The van der Waals surface area contributed by atoms with Gasteiger partial charge >= 0.3 is 0 Å². The van der Waals surface area contributed by atoms with Gasteiger partial charge in [0.1, 0.15) is 6.10 Å². The molecule has 1 heterocycles. The van der Waals surface area contributed by atoms with Gasteiger partial charge < -0.3 is 10.1 Å². The molecule has 0 atom stereocenters. The van der Waals surface area contributed by atoms with Crippen LogP contribution >= 0.6 is 0 Å². The van der Waals surface area contributed by atoms with Gasteiger partial charge in [0.15, 0.2) is 0 Å². The van der Waals surface area contributed by atoms with Crippen molar-refractivity contribution < 1.29 is 4.74 Å². The van der Waals surface area contributed by atoms with Gasteiger partial charge in [-0.2, -0.15) is 4.98 Å². The molecule has 2 rings (SSSR count). The SMILES string of the molecule is CCCNc1ncc(C)c(OC2CCC(C)(C)CC2)n1. The highest BCUT2D eigenvalue weighted by atomic mass is 16.5. The van der Waals surface area contributed by atoms with E-state index in [4.69, 9.17) is 4.74 Å². The van der Waals surface area contributed by atoms with E-state index >= 15 is 0 Å². The monoisotopic (exact) mass is 277 g/mol. The lowest BCUT2D eigenvalue weighted by Crippen LogP contribution is -2.28. The second-order valence-corrected chi connectivity index (χ2v) is 6.59. The van der Waals surface area contributed by atoms with Gasteiger partial charge in [-0.1, -0.05) is 20.8 Å². The molecule has 4 heteroatoms. The summed E-state index contributed by atoms with van der Waals surface area (Å²) < 4.78 is 6.11. The molecule has 1 aliphatic rings. The number of hydrogen-bond donors (Lipinski definition) is 1. The molecule has 112 valence electrons. The summed E-state index contributed by atoms with van der Waals surface area (Å²) in [4.78, 5) is 8.79.